The number of nitrogens with zero attached hydrogens (tertiary/aromatic N) is 2. The summed E-state index contributed by atoms with van der Waals surface area (Å²) < 4.78 is 0. The number of anilines is 1. The summed E-state index contributed by atoms with van der Waals surface area (Å²) in [5.74, 6) is 1.46. The predicted octanol–water partition coefficient (Wildman–Crippen LogP) is 3.31. The summed E-state index contributed by atoms with van der Waals surface area (Å²) in [5.41, 5.74) is 2.71. The summed E-state index contributed by atoms with van der Waals surface area (Å²) in [5, 5.41) is 6.57. The van der Waals surface area contributed by atoms with Crippen molar-refractivity contribution in [2.45, 2.75) is 51.1 Å². The maximum absolute atomic E-state index is 12.6. The van der Waals surface area contributed by atoms with Gasteiger partial charge in [-0.05, 0) is 62.4 Å². The first-order valence-corrected chi connectivity index (χ1v) is 9.16. The van der Waals surface area contributed by atoms with Gasteiger partial charge in [-0.15, -0.1) is 0 Å². The van der Waals surface area contributed by atoms with Crippen LogP contribution in [0, 0.1) is 12.8 Å². The van der Waals surface area contributed by atoms with Gasteiger partial charge in [-0.1, -0.05) is 12.8 Å². The molecule has 2 fully saturated rings. The molecule has 1 aromatic carbocycles. The fourth-order valence-corrected chi connectivity index (χ4v) is 4.04. The van der Waals surface area contributed by atoms with Crippen LogP contribution in [0.25, 0.3) is 11.4 Å². The molecule has 3 atom stereocenters. The summed E-state index contributed by atoms with van der Waals surface area (Å²) in [6.45, 7) is 1.95. The minimum Gasteiger partial charge on any atom is -0.325 e. The molecule has 5 nitrogen and oxygen atoms in total. The fraction of sp³-hybridized carbons (Fsp3) is 0.450. The first-order valence-electron chi connectivity index (χ1n) is 9.16. The van der Waals surface area contributed by atoms with Crippen LogP contribution in [-0.2, 0) is 4.79 Å². The van der Waals surface area contributed by atoms with Crippen molar-refractivity contribution in [2.75, 3.05) is 5.32 Å². The minimum absolute atomic E-state index is 0.0621. The summed E-state index contributed by atoms with van der Waals surface area (Å²) in [4.78, 5) is 21.3. The van der Waals surface area contributed by atoms with Gasteiger partial charge in [0.1, 0.15) is 0 Å². The molecule has 2 N–H and O–H groups in total. The van der Waals surface area contributed by atoms with Crippen molar-refractivity contribution in [3.05, 3.63) is 42.2 Å². The maximum Gasteiger partial charge on any atom is 0.241 e. The van der Waals surface area contributed by atoms with E-state index >= 15 is 0 Å². The van der Waals surface area contributed by atoms with Gasteiger partial charge >= 0.3 is 0 Å². The molecule has 1 amide bonds. The highest BCUT2D eigenvalue weighted by molar-refractivity contribution is 5.95. The van der Waals surface area contributed by atoms with Crippen LogP contribution >= 0.6 is 0 Å². The van der Waals surface area contributed by atoms with E-state index in [0.29, 0.717) is 17.8 Å². The Morgan fingerprint density at radius 1 is 1.16 bits per heavy atom. The Hall–Kier alpha value is -2.27. The second-order valence-electron chi connectivity index (χ2n) is 7.19. The van der Waals surface area contributed by atoms with Gasteiger partial charge in [0.05, 0.1) is 6.04 Å². The highest BCUT2D eigenvalue weighted by atomic mass is 16.2. The average molecular weight is 336 g/mol. The molecule has 4 rings (SSSR count). The van der Waals surface area contributed by atoms with Crippen molar-refractivity contribution in [2.24, 2.45) is 5.92 Å². The van der Waals surface area contributed by atoms with Crippen LogP contribution in [0.2, 0.25) is 0 Å². The number of carbonyl (C=O) groups excluding carboxylic acids is 1. The Morgan fingerprint density at radius 3 is 2.72 bits per heavy atom. The third-order valence-corrected chi connectivity index (χ3v) is 5.38. The van der Waals surface area contributed by atoms with Crippen molar-refractivity contribution in [1.82, 2.24) is 15.3 Å². The molecule has 2 aliphatic rings. The third kappa shape index (κ3) is 3.56. The molecule has 1 aliphatic heterocycles. The number of carbonyl (C=O) groups is 1. The van der Waals surface area contributed by atoms with E-state index in [-0.39, 0.29) is 11.9 Å². The van der Waals surface area contributed by atoms with Crippen molar-refractivity contribution < 1.29 is 4.79 Å². The van der Waals surface area contributed by atoms with Crippen LogP contribution in [0.15, 0.2) is 36.5 Å². The van der Waals surface area contributed by atoms with Crippen LogP contribution in [0.4, 0.5) is 5.69 Å². The van der Waals surface area contributed by atoms with Gasteiger partial charge in [0, 0.05) is 29.2 Å². The predicted molar refractivity (Wildman–Crippen MR) is 98.1 cm³/mol. The van der Waals surface area contributed by atoms with E-state index in [1.165, 1.54) is 25.7 Å². The van der Waals surface area contributed by atoms with E-state index in [4.69, 9.17) is 0 Å². The van der Waals surface area contributed by atoms with Crippen molar-refractivity contribution >= 4 is 11.6 Å². The highest BCUT2D eigenvalue weighted by Gasteiger charge is 2.38. The lowest BCUT2D eigenvalue weighted by atomic mass is 9.85. The Bertz CT molecular complexity index is 745. The molecule has 2 heterocycles. The van der Waals surface area contributed by atoms with Crippen molar-refractivity contribution in [3.63, 3.8) is 0 Å². The summed E-state index contributed by atoms with van der Waals surface area (Å²) in [6.07, 6.45) is 7.78. The molecule has 2 aromatic rings. The van der Waals surface area contributed by atoms with Gasteiger partial charge < -0.3 is 10.6 Å². The molecular weight excluding hydrogens is 312 g/mol. The van der Waals surface area contributed by atoms with Crippen molar-refractivity contribution in [1.29, 1.82) is 0 Å². The number of hydrogen-bond donors (Lipinski definition) is 2. The first kappa shape index (κ1) is 16.2. The smallest absolute Gasteiger partial charge is 0.241 e. The summed E-state index contributed by atoms with van der Waals surface area (Å²) in [7, 11) is 0. The number of nitrogens with one attached hydrogen (secondary N) is 2. The zero-order chi connectivity index (χ0) is 17.2. The molecule has 1 saturated heterocycles. The number of aryl methyl sites for hydroxylation is 1. The molecule has 130 valence electrons. The largest absolute Gasteiger partial charge is 0.325 e. The SMILES string of the molecule is Cc1ccnc(-c2ccc(NC(=O)C3CC4CCCCC4N3)cc2)n1. The molecule has 1 saturated carbocycles. The number of benzene rings is 1. The lowest BCUT2D eigenvalue weighted by molar-refractivity contribution is -0.117. The van der Waals surface area contributed by atoms with E-state index in [1.54, 1.807) is 6.20 Å². The number of rotatable bonds is 3. The minimum atomic E-state index is -0.0621. The van der Waals surface area contributed by atoms with E-state index in [2.05, 4.69) is 20.6 Å². The topological polar surface area (TPSA) is 66.9 Å². The van der Waals surface area contributed by atoms with Crippen LogP contribution < -0.4 is 10.6 Å². The van der Waals surface area contributed by atoms with Gasteiger partial charge in [0.15, 0.2) is 5.82 Å². The molecule has 25 heavy (non-hydrogen) atoms. The summed E-state index contributed by atoms with van der Waals surface area (Å²) in [6, 6.07) is 10.1. The maximum atomic E-state index is 12.6. The zero-order valence-electron chi connectivity index (χ0n) is 14.5. The summed E-state index contributed by atoms with van der Waals surface area (Å²) >= 11 is 0. The monoisotopic (exact) mass is 336 g/mol. The number of aromatic nitrogens is 2. The normalized spacial score (nSPS) is 25.4. The molecule has 1 aromatic heterocycles. The van der Waals surface area contributed by atoms with Crippen LogP contribution in [-0.4, -0.2) is 28.0 Å². The third-order valence-electron chi connectivity index (χ3n) is 5.38. The second kappa shape index (κ2) is 6.92. The highest BCUT2D eigenvalue weighted by Crippen LogP contribution is 2.33. The van der Waals surface area contributed by atoms with Gasteiger partial charge in [-0.25, -0.2) is 9.97 Å². The van der Waals surface area contributed by atoms with E-state index in [0.717, 1.165) is 23.4 Å². The lowest BCUT2D eigenvalue weighted by Crippen LogP contribution is -2.39. The quantitative estimate of drug-likeness (QED) is 0.902. The van der Waals surface area contributed by atoms with E-state index in [9.17, 15) is 4.79 Å². The van der Waals surface area contributed by atoms with E-state index in [1.807, 2.05) is 37.3 Å². The average Bonchev–Trinajstić information content (AvgIpc) is 3.07. The Kier molecular flexibility index (Phi) is 4.49. The number of hydrogen-bond acceptors (Lipinski definition) is 4. The number of fused-ring (bicyclic) bond motifs is 1. The lowest BCUT2D eigenvalue weighted by Gasteiger charge is -2.24. The Labute approximate surface area is 148 Å². The molecular formula is C20H24N4O. The number of amides is 1. The first-order chi connectivity index (χ1) is 12.2. The molecule has 3 unspecified atom stereocenters. The van der Waals surface area contributed by atoms with Crippen LogP contribution in [0.1, 0.15) is 37.8 Å². The second-order valence-corrected chi connectivity index (χ2v) is 7.19. The molecule has 5 heteroatoms. The van der Waals surface area contributed by atoms with Gasteiger partial charge in [0.2, 0.25) is 5.91 Å². The van der Waals surface area contributed by atoms with E-state index < -0.39 is 0 Å². The van der Waals surface area contributed by atoms with Gasteiger partial charge in [0.25, 0.3) is 0 Å². The molecule has 0 spiro atoms. The molecule has 0 radical (unpaired) electrons. The van der Waals surface area contributed by atoms with Gasteiger partial charge in [-0.2, -0.15) is 0 Å². The van der Waals surface area contributed by atoms with Gasteiger partial charge in [-0.3, -0.25) is 4.79 Å². The van der Waals surface area contributed by atoms with Crippen LogP contribution in [0.3, 0.4) is 0 Å². The Balaban J connectivity index is 1.40. The molecule has 1 aliphatic carbocycles. The fourth-order valence-electron chi connectivity index (χ4n) is 4.04. The van der Waals surface area contributed by atoms with Crippen molar-refractivity contribution in [3.8, 4) is 11.4 Å². The Morgan fingerprint density at radius 2 is 1.96 bits per heavy atom. The standard InChI is InChI=1S/C20H24N4O/c1-13-10-11-21-19(22-13)14-6-8-16(9-7-14)23-20(25)18-12-15-4-2-3-5-17(15)24-18/h6-11,15,17-18,24H,2-5,12H2,1H3,(H,23,25). The zero-order valence-corrected chi connectivity index (χ0v) is 14.5. The van der Waals surface area contributed by atoms with Crippen LogP contribution in [0.5, 0.6) is 0 Å². The molecule has 0 bridgehead atoms.